The highest BCUT2D eigenvalue weighted by Gasteiger charge is 2.27. The first-order chi connectivity index (χ1) is 10.3. The van der Waals surface area contributed by atoms with Gasteiger partial charge in [0.05, 0.1) is 12.6 Å². The Morgan fingerprint density at radius 1 is 1.10 bits per heavy atom. The Labute approximate surface area is 125 Å². The van der Waals surface area contributed by atoms with E-state index in [1.807, 2.05) is 4.68 Å². The van der Waals surface area contributed by atoms with Crippen LogP contribution in [0.2, 0.25) is 0 Å². The summed E-state index contributed by atoms with van der Waals surface area (Å²) in [6.45, 7) is 5.15. The summed E-state index contributed by atoms with van der Waals surface area (Å²) < 4.78 is 2.01. The van der Waals surface area contributed by atoms with E-state index < -0.39 is 0 Å². The lowest BCUT2D eigenvalue weighted by Gasteiger charge is -2.25. The summed E-state index contributed by atoms with van der Waals surface area (Å²) in [6.07, 6.45) is 3.84. The summed E-state index contributed by atoms with van der Waals surface area (Å²) >= 11 is 0. The highest BCUT2D eigenvalue weighted by atomic mass is 15.5. The van der Waals surface area contributed by atoms with Gasteiger partial charge in [-0.25, -0.2) is 4.68 Å². The lowest BCUT2D eigenvalue weighted by molar-refractivity contribution is 0.557. The van der Waals surface area contributed by atoms with Crippen LogP contribution in [0, 0.1) is 6.92 Å². The van der Waals surface area contributed by atoms with E-state index in [9.17, 15) is 0 Å². The summed E-state index contributed by atoms with van der Waals surface area (Å²) in [7, 11) is 0. The Balaban J connectivity index is 1.50. The molecule has 1 N–H and O–H groups in total. The third-order valence-electron chi connectivity index (χ3n) is 4.44. The molecule has 0 spiro atoms. The zero-order chi connectivity index (χ0) is 14.2. The second kappa shape index (κ2) is 5.06. The molecule has 2 aliphatic heterocycles. The van der Waals surface area contributed by atoms with Crippen molar-refractivity contribution in [3.8, 4) is 0 Å². The Kier molecular flexibility index (Phi) is 3.05. The first-order valence-electron chi connectivity index (χ1n) is 7.82. The molecule has 1 atom stereocenters. The zero-order valence-corrected chi connectivity index (χ0v) is 12.4. The third kappa shape index (κ3) is 2.37. The predicted molar refractivity (Wildman–Crippen MR) is 83.6 cm³/mol. The maximum Gasteiger partial charge on any atom is 0.246 e. The van der Waals surface area contributed by atoms with E-state index in [1.165, 1.54) is 30.4 Å². The number of nitrogens with one attached hydrogen (secondary N) is 1. The van der Waals surface area contributed by atoms with E-state index >= 15 is 0 Å². The van der Waals surface area contributed by atoms with Crippen LogP contribution in [-0.2, 0) is 6.54 Å². The number of fused-ring (bicyclic) bond motifs is 1. The van der Waals surface area contributed by atoms with E-state index in [-0.39, 0.29) is 6.04 Å². The predicted octanol–water partition coefficient (Wildman–Crippen LogP) is 2.74. The number of hydrogen-bond acceptors (Lipinski definition) is 4. The highest BCUT2D eigenvalue weighted by molar-refractivity contribution is 5.43. The minimum absolute atomic E-state index is 0.288. The topological polar surface area (TPSA) is 46.0 Å². The first kappa shape index (κ1) is 12.7. The largest absolute Gasteiger partial charge is 0.346 e. The molecule has 1 fully saturated rings. The number of nitrogens with zero attached hydrogens (tertiary/aromatic N) is 4. The molecule has 1 aromatic heterocycles. The van der Waals surface area contributed by atoms with Gasteiger partial charge in [0.25, 0.3) is 0 Å². The third-order valence-corrected chi connectivity index (χ3v) is 4.44. The standard InChI is InChI=1S/C16H21N5/c1-12-5-7-13(8-6-12)14-11-21-15(17-14)18-16(19-21)20-9-3-2-4-10-20/h5-8,14H,2-4,9-11H2,1H3,(H,17,18,19). The number of piperidine rings is 1. The van der Waals surface area contributed by atoms with Crippen LogP contribution in [0.25, 0.3) is 0 Å². The summed E-state index contributed by atoms with van der Waals surface area (Å²) in [5.74, 6) is 1.79. The molecule has 0 saturated carbocycles. The van der Waals surface area contributed by atoms with Gasteiger partial charge in [-0.2, -0.15) is 4.98 Å². The molecule has 21 heavy (non-hydrogen) atoms. The molecule has 3 heterocycles. The fraction of sp³-hybridized carbons (Fsp3) is 0.500. The van der Waals surface area contributed by atoms with E-state index in [0.29, 0.717) is 0 Å². The molecule has 0 bridgehead atoms. The van der Waals surface area contributed by atoms with Crippen molar-refractivity contribution < 1.29 is 0 Å². The summed E-state index contributed by atoms with van der Waals surface area (Å²) in [5, 5.41) is 8.17. The van der Waals surface area contributed by atoms with E-state index in [2.05, 4.69) is 51.5 Å². The number of hydrogen-bond donors (Lipinski definition) is 1. The first-order valence-corrected chi connectivity index (χ1v) is 7.82. The maximum absolute atomic E-state index is 4.68. The Bertz CT molecular complexity index is 601. The fourth-order valence-corrected chi connectivity index (χ4v) is 3.15. The van der Waals surface area contributed by atoms with E-state index in [4.69, 9.17) is 0 Å². The number of rotatable bonds is 2. The van der Waals surface area contributed by atoms with Gasteiger partial charge in [0.1, 0.15) is 0 Å². The van der Waals surface area contributed by atoms with Crippen molar-refractivity contribution in [1.29, 1.82) is 0 Å². The molecule has 0 radical (unpaired) electrons. The maximum atomic E-state index is 4.68. The van der Waals surface area contributed by atoms with Crippen molar-refractivity contribution in [2.24, 2.45) is 0 Å². The number of aryl methyl sites for hydroxylation is 1. The Hall–Kier alpha value is -2.04. The number of aromatic nitrogens is 3. The minimum Gasteiger partial charge on any atom is -0.346 e. The molecule has 1 aromatic carbocycles. The van der Waals surface area contributed by atoms with Crippen LogP contribution >= 0.6 is 0 Å². The van der Waals surface area contributed by atoms with Crippen molar-refractivity contribution in [3.05, 3.63) is 35.4 Å². The minimum atomic E-state index is 0.288. The van der Waals surface area contributed by atoms with Crippen LogP contribution in [0.1, 0.15) is 36.4 Å². The molecular weight excluding hydrogens is 262 g/mol. The Morgan fingerprint density at radius 3 is 2.57 bits per heavy atom. The zero-order valence-electron chi connectivity index (χ0n) is 12.4. The van der Waals surface area contributed by atoms with Crippen molar-refractivity contribution >= 4 is 11.9 Å². The van der Waals surface area contributed by atoms with Gasteiger partial charge in [-0.3, -0.25) is 0 Å². The van der Waals surface area contributed by atoms with Crippen LogP contribution in [-0.4, -0.2) is 27.9 Å². The van der Waals surface area contributed by atoms with Crippen molar-refractivity contribution in [2.45, 2.75) is 38.8 Å². The SMILES string of the molecule is Cc1ccc(C2Cn3nc(N4CCCCC4)nc3N2)cc1. The van der Waals surface area contributed by atoms with Gasteiger partial charge in [-0.1, -0.05) is 29.8 Å². The molecule has 1 unspecified atom stereocenters. The van der Waals surface area contributed by atoms with E-state index in [0.717, 1.165) is 31.5 Å². The molecule has 2 aliphatic rings. The van der Waals surface area contributed by atoms with Gasteiger partial charge in [-0.05, 0) is 31.7 Å². The highest BCUT2D eigenvalue weighted by Crippen LogP contribution is 2.29. The lowest BCUT2D eigenvalue weighted by atomic mass is 10.1. The monoisotopic (exact) mass is 283 g/mol. The molecular formula is C16H21N5. The molecule has 110 valence electrons. The van der Waals surface area contributed by atoms with Gasteiger partial charge in [0.15, 0.2) is 0 Å². The van der Waals surface area contributed by atoms with Crippen molar-refractivity contribution in [1.82, 2.24) is 14.8 Å². The van der Waals surface area contributed by atoms with Crippen LogP contribution in [0.5, 0.6) is 0 Å². The van der Waals surface area contributed by atoms with Gasteiger partial charge in [-0.15, -0.1) is 5.10 Å². The fourth-order valence-electron chi connectivity index (χ4n) is 3.15. The number of anilines is 2. The van der Waals surface area contributed by atoms with Gasteiger partial charge < -0.3 is 10.2 Å². The van der Waals surface area contributed by atoms with Gasteiger partial charge >= 0.3 is 0 Å². The van der Waals surface area contributed by atoms with Crippen LogP contribution in [0.15, 0.2) is 24.3 Å². The lowest BCUT2D eigenvalue weighted by Crippen LogP contribution is -2.30. The summed E-state index contributed by atoms with van der Waals surface area (Å²) in [5.41, 5.74) is 2.59. The van der Waals surface area contributed by atoms with Gasteiger partial charge in [0, 0.05) is 13.1 Å². The second-order valence-electron chi connectivity index (χ2n) is 6.07. The average Bonchev–Trinajstić information content (AvgIpc) is 3.07. The van der Waals surface area contributed by atoms with Crippen LogP contribution < -0.4 is 10.2 Å². The molecule has 0 amide bonds. The molecule has 5 nitrogen and oxygen atoms in total. The van der Waals surface area contributed by atoms with Crippen molar-refractivity contribution in [2.75, 3.05) is 23.3 Å². The molecule has 1 saturated heterocycles. The average molecular weight is 283 g/mol. The summed E-state index contributed by atoms with van der Waals surface area (Å²) in [4.78, 5) is 6.98. The molecule has 5 heteroatoms. The smallest absolute Gasteiger partial charge is 0.246 e. The van der Waals surface area contributed by atoms with Gasteiger partial charge in [0.2, 0.25) is 11.9 Å². The normalized spacial score (nSPS) is 21.2. The quantitative estimate of drug-likeness (QED) is 0.920. The molecule has 0 aliphatic carbocycles. The van der Waals surface area contributed by atoms with Crippen LogP contribution in [0.3, 0.4) is 0 Å². The molecule has 4 rings (SSSR count). The molecule has 2 aromatic rings. The number of benzene rings is 1. The summed E-state index contributed by atoms with van der Waals surface area (Å²) in [6, 6.07) is 8.97. The second-order valence-corrected chi connectivity index (χ2v) is 6.07. The van der Waals surface area contributed by atoms with Crippen molar-refractivity contribution in [3.63, 3.8) is 0 Å². The Morgan fingerprint density at radius 2 is 1.86 bits per heavy atom. The van der Waals surface area contributed by atoms with Crippen LogP contribution in [0.4, 0.5) is 11.9 Å². The van der Waals surface area contributed by atoms with E-state index in [1.54, 1.807) is 0 Å².